The third-order valence-electron chi connectivity index (χ3n) is 5.08. The Bertz CT molecular complexity index is 885. The number of fused-ring (bicyclic) bond motifs is 2. The van der Waals surface area contributed by atoms with E-state index in [1.54, 1.807) is 23.7 Å². The number of rotatable bonds is 4. The second-order valence-electron chi connectivity index (χ2n) is 6.94. The summed E-state index contributed by atoms with van der Waals surface area (Å²) in [6, 6.07) is 5.45. The number of nitro groups is 1. The van der Waals surface area contributed by atoms with Crippen LogP contribution in [-0.2, 0) is 7.05 Å². The number of nitro benzene ring substituents is 1. The molecule has 2 aliphatic heterocycles. The number of aryl methyl sites for hydroxylation is 1. The molecule has 9 nitrogen and oxygen atoms in total. The van der Waals surface area contributed by atoms with Gasteiger partial charge in [0.1, 0.15) is 6.33 Å². The van der Waals surface area contributed by atoms with Crippen LogP contribution >= 0.6 is 11.8 Å². The Balaban J connectivity index is 1.58. The first kappa shape index (κ1) is 17.9. The van der Waals surface area contributed by atoms with Crippen molar-refractivity contribution in [2.24, 2.45) is 7.05 Å². The summed E-state index contributed by atoms with van der Waals surface area (Å²) in [7, 11) is 1.77. The molecule has 2 aliphatic rings. The third-order valence-corrected chi connectivity index (χ3v) is 6.20. The molecule has 1 amide bonds. The predicted octanol–water partition coefficient (Wildman–Crippen LogP) is 1.84. The molecular weight excluding hydrogens is 368 g/mol. The molecule has 0 spiro atoms. The van der Waals surface area contributed by atoms with Crippen molar-refractivity contribution in [3.05, 3.63) is 40.2 Å². The molecule has 1 aromatic heterocycles. The van der Waals surface area contributed by atoms with Crippen LogP contribution < -0.4 is 5.32 Å². The van der Waals surface area contributed by atoms with Crippen molar-refractivity contribution in [3.8, 4) is 0 Å². The summed E-state index contributed by atoms with van der Waals surface area (Å²) < 4.78 is 1.69. The first-order valence-electron chi connectivity index (χ1n) is 8.87. The number of carbonyl (C=O) groups excluding carboxylic acids is 1. The zero-order valence-electron chi connectivity index (χ0n) is 14.9. The highest BCUT2D eigenvalue weighted by Crippen LogP contribution is 2.34. The number of hydrogen-bond donors (Lipinski definition) is 1. The maximum Gasteiger partial charge on any atom is 0.284 e. The molecule has 2 aromatic rings. The van der Waals surface area contributed by atoms with Gasteiger partial charge < -0.3 is 14.8 Å². The summed E-state index contributed by atoms with van der Waals surface area (Å²) in [5.41, 5.74) is 0.255. The average molecular weight is 388 g/mol. The monoisotopic (exact) mass is 388 g/mol. The van der Waals surface area contributed by atoms with Gasteiger partial charge in [0.15, 0.2) is 5.16 Å². The van der Waals surface area contributed by atoms with E-state index in [0.717, 1.165) is 31.0 Å². The third kappa shape index (κ3) is 3.67. The number of aromatic nitrogens is 3. The van der Waals surface area contributed by atoms with Crippen molar-refractivity contribution in [2.45, 2.75) is 41.4 Å². The lowest BCUT2D eigenvalue weighted by Crippen LogP contribution is -2.39. The average Bonchev–Trinajstić information content (AvgIpc) is 3.19. The number of carbonyl (C=O) groups is 1. The Morgan fingerprint density at radius 2 is 2.15 bits per heavy atom. The van der Waals surface area contributed by atoms with Crippen LogP contribution in [0.5, 0.6) is 0 Å². The highest BCUT2D eigenvalue weighted by Gasteiger charge is 2.32. The van der Waals surface area contributed by atoms with Crippen LogP contribution in [0, 0.1) is 10.1 Å². The molecule has 3 heterocycles. The zero-order chi connectivity index (χ0) is 19.0. The second kappa shape index (κ2) is 7.28. The maximum atomic E-state index is 12.9. The molecule has 10 heteroatoms. The Kier molecular flexibility index (Phi) is 4.83. The molecule has 0 saturated carbocycles. The van der Waals surface area contributed by atoms with Gasteiger partial charge in [-0.3, -0.25) is 14.9 Å². The largest absolute Gasteiger partial charge is 0.337 e. The van der Waals surface area contributed by atoms with E-state index in [0.29, 0.717) is 40.8 Å². The summed E-state index contributed by atoms with van der Waals surface area (Å²) in [6.07, 6.45) is 4.69. The van der Waals surface area contributed by atoms with Crippen LogP contribution in [0.25, 0.3) is 0 Å². The Morgan fingerprint density at radius 3 is 2.89 bits per heavy atom. The molecule has 4 rings (SSSR count). The van der Waals surface area contributed by atoms with Crippen molar-refractivity contribution >= 4 is 23.4 Å². The van der Waals surface area contributed by atoms with Crippen LogP contribution in [0.1, 0.15) is 29.6 Å². The second-order valence-corrected chi connectivity index (χ2v) is 7.95. The zero-order valence-corrected chi connectivity index (χ0v) is 15.7. The fraction of sp³-hybridized carbons (Fsp3) is 0.471. The SMILES string of the molecule is Cn1cnnc1Sc1ccc(C(=O)N2CCC3CCC(C2)N3)cc1[N+](=O)[O-]. The molecule has 2 unspecified atom stereocenters. The van der Waals surface area contributed by atoms with Gasteiger partial charge in [-0.25, -0.2) is 0 Å². The summed E-state index contributed by atoms with van der Waals surface area (Å²) in [5.74, 6) is -0.150. The first-order valence-corrected chi connectivity index (χ1v) is 9.68. The maximum absolute atomic E-state index is 12.9. The minimum atomic E-state index is -0.457. The molecule has 2 saturated heterocycles. The fourth-order valence-corrected chi connectivity index (χ4v) is 4.50. The number of hydrogen-bond acceptors (Lipinski definition) is 7. The van der Waals surface area contributed by atoms with Gasteiger partial charge in [0, 0.05) is 43.9 Å². The van der Waals surface area contributed by atoms with Gasteiger partial charge in [-0.1, -0.05) is 0 Å². The molecule has 2 fully saturated rings. The quantitative estimate of drug-likeness (QED) is 0.629. The number of nitrogens with one attached hydrogen (secondary N) is 1. The molecule has 27 heavy (non-hydrogen) atoms. The van der Waals surface area contributed by atoms with Crippen LogP contribution in [0.2, 0.25) is 0 Å². The fourth-order valence-electron chi connectivity index (χ4n) is 3.65. The van der Waals surface area contributed by atoms with Crippen molar-refractivity contribution in [1.29, 1.82) is 0 Å². The minimum absolute atomic E-state index is 0.0942. The van der Waals surface area contributed by atoms with E-state index < -0.39 is 4.92 Å². The standard InChI is InChI=1S/C17H20N6O3S/c1-21-10-18-20-17(21)27-15-5-2-11(8-14(15)23(25)26)16(24)22-7-6-12-3-4-13(9-22)19-12/h2,5,8,10,12-13,19H,3-4,6-7,9H2,1H3. The van der Waals surface area contributed by atoms with E-state index in [1.165, 1.54) is 12.4 Å². The molecule has 1 aromatic carbocycles. The molecule has 142 valence electrons. The van der Waals surface area contributed by atoms with Crippen LogP contribution in [-0.4, -0.2) is 55.7 Å². The molecule has 1 N–H and O–H groups in total. The highest BCUT2D eigenvalue weighted by atomic mass is 32.2. The smallest absolute Gasteiger partial charge is 0.284 e. The van der Waals surface area contributed by atoms with Crippen molar-refractivity contribution < 1.29 is 9.72 Å². The molecule has 0 aliphatic carbocycles. The van der Waals surface area contributed by atoms with Crippen LogP contribution in [0.3, 0.4) is 0 Å². The summed E-state index contributed by atoms with van der Waals surface area (Å²) in [6.45, 7) is 1.33. The van der Waals surface area contributed by atoms with Gasteiger partial charge >= 0.3 is 0 Å². The highest BCUT2D eigenvalue weighted by molar-refractivity contribution is 7.99. The van der Waals surface area contributed by atoms with Crippen molar-refractivity contribution in [1.82, 2.24) is 25.0 Å². The number of likely N-dealkylation sites (tertiary alicyclic amines) is 1. The topological polar surface area (TPSA) is 106 Å². The van der Waals surface area contributed by atoms with E-state index in [-0.39, 0.29) is 11.6 Å². The van der Waals surface area contributed by atoms with Gasteiger partial charge in [-0.05, 0) is 43.2 Å². The normalized spacial score (nSPS) is 21.9. The lowest BCUT2D eigenvalue weighted by Gasteiger charge is -2.24. The molecular formula is C17H20N6O3S. The minimum Gasteiger partial charge on any atom is -0.337 e. The van der Waals surface area contributed by atoms with Crippen LogP contribution in [0.4, 0.5) is 5.69 Å². The first-order chi connectivity index (χ1) is 13.0. The van der Waals surface area contributed by atoms with E-state index >= 15 is 0 Å². The lowest BCUT2D eigenvalue weighted by atomic mass is 10.1. The van der Waals surface area contributed by atoms with E-state index in [2.05, 4.69) is 15.5 Å². The van der Waals surface area contributed by atoms with Crippen molar-refractivity contribution in [2.75, 3.05) is 13.1 Å². The Morgan fingerprint density at radius 1 is 1.33 bits per heavy atom. The summed E-state index contributed by atoms with van der Waals surface area (Å²) in [4.78, 5) is 26.3. The van der Waals surface area contributed by atoms with Gasteiger partial charge in [-0.2, -0.15) is 0 Å². The number of amides is 1. The van der Waals surface area contributed by atoms with Crippen LogP contribution in [0.15, 0.2) is 34.6 Å². The summed E-state index contributed by atoms with van der Waals surface area (Å²) in [5, 5.41) is 23.4. The lowest BCUT2D eigenvalue weighted by molar-refractivity contribution is -0.387. The van der Waals surface area contributed by atoms with E-state index in [1.807, 2.05) is 4.90 Å². The molecule has 2 bridgehead atoms. The molecule has 0 radical (unpaired) electrons. The Hall–Kier alpha value is -2.46. The number of benzene rings is 1. The molecule has 2 atom stereocenters. The van der Waals surface area contributed by atoms with Gasteiger partial charge in [-0.15, -0.1) is 10.2 Å². The number of nitrogens with zero attached hydrogens (tertiary/aromatic N) is 5. The van der Waals surface area contributed by atoms with Gasteiger partial charge in [0.05, 0.1) is 9.82 Å². The van der Waals surface area contributed by atoms with Gasteiger partial charge in [0.2, 0.25) is 0 Å². The summed E-state index contributed by atoms with van der Waals surface area (Å²) >= 11 is 1.16. The predicted molar refractivity (Wildman–Crippen MR) is 98.7 cm³/mol. The van der Waals surface area contributed by atoms with Crippen molar-refractivity contribution in [3.63, 3.8) is 0 Å². The van der Waals surface area contributed by atoms with E-state index in [4.69, 9.17) is 0 Å². The van der Waals surface area contributed by atoms with Gasteiger partial charge in [0.25, 0.3) is 11.6 Å². The Labute approximate surface area is 160 Å². The van der Waals surface area contributed by atoms with E-state index in [9.17, 15) is 14.9 Å².